The van der Waals surface area contributed by atoms with Crippen LogP contribution < -0.4 is 0 Å². The van der Waals surface area contributed by atoms with Gasteiger partial charge in [-0.2, -0.15) is 0 Å². The Labute approximate surface area is 109 Å². The van der Waals surface area contributed by atoms with Crippen molar-refractivity contribution in [1.82, 2.24) is 9.47 Å². The molecular formula is C12H17BrN2O2. The van der Waals surface area contributed by atoms with Crippen molar-refractivity contribution in [2.24, 2.45) is 0 Å². The summed E-state index contributed by atoms with van der Waals surface area (Å²) in [7, 11) is 0. The molecule has 2 rings (SSSR count). The first kappa shape index (κ1) is 12.6. The predicted molar refractivity (Wildman–Crippen MR) is 69.0 cm³/mol. The van der Waals surface area contributed by atoms with E-state index < -0.39 is 0 Å². The molecule has 0 bridgehead atoms. The quantitative estimate of drug-likeness (QED) is 0.926. The fourth-order valence-electron chi connectivity index (χ4n) is 2.36. The van der Waals surface area contributed by atoms with E-state index in [1.807, 2.05) is 23.8 Å². The molecule has 1 aromatic rings. The minimum Gasteiger partial charge on any atom is -0.394 e. The second kappa shape index (κ2) is 5.23. The number of rotatable bonds is 3. The van der Waals surface area contributed by atoms with Crippen LogP contribution in [0.4, 0.5) is 0 Å². The molecule has 1 atom stereocenters. The first-order valence-electron chi connectivity index (χ1n) is 5.95. The molecule has 0 aromatic carbocycles. The van der Waals surface area contributed by atoms with Crippen LogP contribution in [-0.2, 0) is 6.54 Å². The van der Waals surface area contributed by atoms with Gasteiger partial charge in [0.2, 0.25) is 0 Å². The Morgan fingerprint density at radius 3 is 3.06 bits per heavy atom. The molecule has 0 radical (unpaired) electrons. The minimum absolute atomic E-state index is 0.0125. The van der Waals surface area contributed by atoms with Gasteiger partial charge >= 0.3 is 0 Å². The molecule has 1 aromatic heterocycles. The summed E-state index contributed by atoms with van der Waals surface area (Å²) in [6.45, 7) is 3.58. The first-order valence-corrected chi connectivity index (χ1v) is 6.74. The lowest BCUT2D eigenvalue weighted by Crippen LogP contribution is -2.38. The number of hydrogen-bond donors (Lipinski definition) is 1. The van der Waals surface area contributed by atoms with Crippen LogP contribution in [0.2, 0.25) is 0 Å². The Morgan fingerprint density at radius 1 is 1.65 bits per heavy atom. The van der Waals surface area contributed by atoms with E-state index in [4.69, 9.17) is 0 Å². The van der Waals surface area contributed by atoms with Gasteiger partial charge < -0.3 is 14.6 Å². The number of aliphatic hydroxyl groups is 1. The number of aryl methyl sites for hydroxylation is 1. The summed E-state index contributed by atoms with van der Waals surface area (Å²) in [6, 6.07) is 1.83. The number of aromatic nitrogens is 1. The number of amides is 1. The fraction of sp³-hybridized carbons (Fsp3) is 0.583. The minimum atomic E-state index is -0.0125. The van der Waals surface area contributed by atoms with Gasteiger partial charge in [0, 0.05) is 23.8 Å². The summed E-state index contributed by atoms with van der Waals surface area (Å²) in [4.78, 5) is 14.2. The Balaban J connectivity index is 2.24. The third-order valence-corrected chi connectivity index (χ3v) is 3.71. The zero-order valence-corrected chi connectivity index (χ0v) is 11.5. The summed E-state index contributed by atoms with van der Waals surface area (Å²) in [5.41, 5.74) is 0.694. The van der Waals surface area contributed by atoms with E-state index in [0.29, 0.717) is 5.69 Å². The highest BCUT2D eigenvalue weighted by molar-refractivity contribution is 9.10. The summed E-state index contributed by atoms with van der Waals surface area (Å²) in [5.74, 6) is 0.0223. The van der Waals surface area contributed by atoms with Crippen LogP contribution in [0.3, 0.4) is 0 Å². The summed E-state index contributed by atoms with van der Waals surface area (Å²) < 4.78 is 2.85. The second-order valence-electron chi connectivity index (χ2n) is 4.31. The second-order valence-corrected chi connectivity index (χ2v) is 5.22. The van der Waals surface area contributed by atoms with Crippen molar-refractivity contribution < 1.29 is 9.90 Å². The highest BCUT2D eigenvalue weighted by atomic mass is 79.9. The molecule has 1 saturated heterocycles. The van der Waals surface area contributed by atoms with E-state index in [0.717, 1.165) is 30.4 Å². The van der Waals surface area contributed by atoms with Crippen LogP contribution in [0.1, 0.15) is 30.3 Å². The zero-order chi connectivity index (χ0) is 12.4. The average Bonchev–Trinajstić information content (AvgIpc) is 2.93. The van der Waals surface area contributed by atoms with Gasteiger partial charge in [-0.3, -0.25) is 4.79 Å². The van der Waals surface area contributed by atoms with Crippen molar-refractivity contribution in [3.63, 3.8) is 0 Å². The largest absolute Gasteiger partial charge is 0.394 e. The maximum absolute atomic E-state index is 12.4. The van der Waals surface area contributed by atoms with E-state index in [-0.39, 0.29) is 18.6 Å². The number of hydrogen-bond acceptors (Lipinski definition) is 2. The number of likely N-dealkylation sites (tertiary alicyclic amines) is 1. The lowest BCUT2D eigenvalue weighted by atomic mass is 10.2. The van der Waals surface area contributed by atoms with Gasteiger partial charge in [-0.15, -0.1) is 0 Å². The molecule has 0 unspecified atom stereocenters. The molecule has 0 spiro atoms. The number of nitrogens with zero attached hydrogens (tertiary/aromatic N) is 2. The molecule has 1 fully saturated rings. The van der Waals surface area contributed by atoms with Gasteiger partial charge in [-0.1, -0.05) is 0 Å². The smallest absolute Gasteiger partial charge is 0.270 e. The molecule has 1 amide bonds. The number of aliphatic hydroxyl groups excluding tert-OH is 1. The Hall–Kier alpha value is -0.810. The molecule has 2 heterocycles. The lowest BCUT2D eigenvalue weighted by Gasteiger charge is -2.23. The summed E-state index contributed by atoms with van der Waals surface area (Å²) in [6.07, 6.45) is 3.79. The molecule has 5 heteroatoms. The summed E-state index contributed by atoms with van der Waals surface area (Å²) >= 11 is 3.39. The fourth-order valence-corrected chi connectivity index (χ4v) is 2.82. The number of carbonyl (C=O) groups excluding carboxylic acids is 1. The molecule has 0 saturated carbocycles. The van der Waals surface area contributed by atoms with Gasteiger partial charge in [0.05, 0.1) is 12.6 Å². The zero-order valence-electron chi connectivity index (χ0n) is 9.90. The predicted octanol–water partition coefficient (Wildman–Crippen LogP) is 1.87. The van der Waals surface area contributed by atoms with E-state index in [9.17, 15) is 9.90 Å². The topological polar surface area (TPSA) is 45.5 Å². The molecule has 1 aliphatic heterocycles. The average molecular weight is 301 g/mol. The number of carbonyl (C=O) groups is 1. The third kappa shape index (κ3) is 2.40. The Bertz CT molecular complexity index is 417. The maximum atomic E-state index is 12.4. The monoisotopic (exact) mass is 300 g/mol. The van der Waals surface area contributed by atoms with E-state index >= 15 is 0 Å². The molecule has 94 valence electrons. The van der Waals surface area contributed by atoms with Gasteiger partial charge in [-0.25, -0.2) is 0 Å². The van der Waals surface area contributed by atoms with Crippen molar-refractivity contribution in [1.29, 1.82) is 0 Å². The van der Waals surface area contributed by atoms with Crippen molar-refractivity contribution in [3.05, 3.63) is 22.4 Å². The Kier molecular flexibility index (Phi) is 3.89. The molecule has 17 heavy (non-hydrogen) atoms. The number of halogens is 1. The molecule has 1 N–H and O–H groups in total. The van der Waals surface area contributed by atoms with Gasteiger partial charge in [0.25, 0.3) is 5.91 Å². The van der Waals surface area contributed by atoms with E-state index in [1.54, 1.807) is 4.90 Å². The highest BCUT2D eigenvalue weighted by Crippen LogP contribution is 2.22. The van der Waals surface area contributed by atoms with Gasteiger partial charge in [0.1, 0.15) is 5.69 Å². The maximum Gasteiger partial charge on any atom is 0.270 e. The highest BCUT2D eigenvalue weighted by Gasteiger charge is 2.30. The van der Waals surface area contributed by atoms with E-state index in [1.165, 1.54) is 0 Å². The standard InChI is InChI=1S/C12H17BrN2O2/c1-2-14-7-9(13)6-11(14)12(17)15-5-3-4-10(15)8-16/h6-7,10,16H,2-5,8H2,1H3/t10-/m1/s1. The van der Waals surface area contributed by atoms with Crippen molar-refractivity contribution in [3.8, 4) is 0 Å². The lowest BCUT2D eigenvalue weighted by molar-refractivity contribution is 0.0667. The van der Waals surface area contributed by atoms with Crippen LogP contribution >= 0.6 is 15.9 Å². The first-order chi connectivity index (χ1) is 8.17. The summed E-state index contributed by atoms with van der Waals surface area (Å²) in [5, 5.41) is 9.25. The van der Waals surface area contributed by atoms with Crippen LogP contribution in [0.15, 0.2) is 16.7 Å². The van der Waals surface area contributed by atoms with Crippen molar-refractivity contribution in [2.75, 3.05) is 13.2 Å². The third-order valence-electron chi connectivity index (χ3n) is 3.27. The van der Waals surface area contributed by atoms with Crippen molar-refractivity contribution >= 4 is 21.8 Å². The molecule has 0 aliphatic carbocycles. The van der Waals surface area contributed by atoms with Crippen LogP contribution in [-0.4, -0.2) is 39.7 Å². The SMILES string of the molecule is CCn1cc(Br)cc1C(=O)N1CCC[C@@H]1CO. The van der Waals surface area contributed by atoms with Gasteiger partial charge in [0.15, 0.2) is 0 Å². The molecule has 4 nitrogen and oxygen atoms in total. The van der Waals surface area contributed by atoms with E-state index in [2.05, 4.69) is 15.9 Å². The normalized spacial score (nSPS) is 19.9. The van der Waals surface area contributed by atoms with Crippen LogP contribution in [0, 0.1) is 0 Å². The molecular weight excluding hydrogens is 284 g/mol. The van der Waals surface area contributed by atoms with Crippen LogP contribution in [0.25, 0.3) is 0 Å². The van der Waals surface area contributed by atoms with Crippen molar-refractivity contribution in [2.45, 2.75) is 32.4 Å². The Morgan fingerprint density at radius 2 is 2.41 bits per heavy atom. The molecule has 1 aliphatic rings. The van der Waals surface area contributed by atoms with Gasteiger partial charge in [-0.05, 0) is 41.8 Å². The van der Waals surface area contributed by atoms with Crippen LogP contribution in [0.5, 0.6) is 0 Å².